The minimum absolute atomic E-state index is 0.541. The highest BCUT2D eigenvalue weighted by atomic mass is 15.0. The summed E-state index contributed by atoms with van der Waals surface area (Å²) in [6, 6.07) is 9.89. The number of nitrogens with two attached hydrogens (primary N) is 1. The van der Waals surface area contributed by atoms with E-state index in [4.69, 9.17) is 5.73 Å². The lowest BCUT2D eigenvalue weighted by atomic mass is 10.1. The highest BCUT2D eigenvalue weighted by Gasteiger charge is 2.09. The Hall–Kier alpha value is -2.10. The molecule has 1 heterocycles. The van der Waals surface area contributed by atoms with E-state index < -0.39 is 0 Å². The predicted octanol–water partition coefficient (Wildman–Crippen LogP) is 2.79. The summed E-state index contributed by atoms with van der Waals surface area (Å²) in [6.07, 6.45) is 1.54. The molecular weight excluding hydrogens is 224 g/mol. The van der Waals surface area contributed by atoms with E-state index in [-0.39, 0.29) is 0 Å². The van der Waals surface area contributed by atoms with Crippen molar-refractivity contribution in [3.8, 4) is 11.3 Å². The summed E-state index contributed by atoms with van der Waals surface area (Å²) in [6.45, 7) is 5.13. The van der Waals surface area contributed by atoms with Crippen LogP contribution in [0.25, 0.3) is 11.3 Å². The van der Waals surface area contributed by atoms with Gasteiger partial charge in [0.2, 0.25) is 0 Å². The Bertz CT molecular complexity index is 508. The molecule has 0 amide bonds. The highest BCUT2D eigenvalue weighted by molar-refractivity contribution is 5.80. The molecule has 0 bridgehead atoms. The van der Waals surface area contributed by atoms with Gasteiger partial charge in [0.05, 0.1) is 5.69 Å². The molecule has 1 aromatic heterocycles. The van der Waals surface area contributed by atoms with Gasteiger partial charge in [-0.2, -0.15) is 0 Å². The number of aromatic nitrogens is 2. The van der Waals surface area contributed by atoms with Crippen LogP contribution in [0.1, 0.15) is 13.8 Å². The van der Waals surface area contributed by atoms with Crippen LogP contribution in [0.15, 0.2) is 36.7 Å². The van der Waals surface area contributed by atoms with Crippen molar-refractivity contribution in [2.45, 2.75) is 13.8 Å². The zero-order chi connectivity index (χ0) is 13.0. The zero-order valence-corrected chi connectivity index (χ0v) is 10.7. The fraction of sp³-hybridized carbons (Fsp3) is 0.286. The molecule has 2 rings (SSSR count). The van der Waals surface area contributed by atoms with Gasteiger partial charge < -0.3 is 11.1 Å². The van der Waals surface area contributed by atoms with E-state index in [2.05, 4.69) is 29.1 Å². The lowest BCUT2D eigenvalue weighted by molar-refractivity contribution is 0.687. The summed E-state index contributed by atoms with van der Waals surface area (Å²) in [5, 5.41) is 3.25. The van der Waals surface area contributed by atoms with Crippen molar-refractivity contribution in [1.82, 2.24) is 9.97 Å². The smallest absolute Gasteiger partial charge is 0.153 e. The van der Waals surface area contributed by atoms with Gasteiger partial charge in [-0.3, -0.25) is 0 Å². The fourth-order valence-corrected chi connectivity index (χ4v) is 1.66. The Morgan fingerprint density at radius 1 is 1.17 bits per heavy atom. The number of nitrogens with zero attached hydrogens (tertiary/aromatic N) is 2. The molecule has 1 aromatic carbocycles. The summed E-state index contributed by atoms with van der Waals surface area (Å²) >= 11 is 0. The van der Waals surface area contributed by atoms with Crippen LogP contribution in [0.4, 0.5) is 11.5 Å². The molecule has 0 fully saturated rings. The molecule has 0 unspecified atom stereocenters. The molecule has 0 saturated heterocycles. The lowest BCUT2D eigenvalue weighted by Crippen LogP contribution is -2.11. The first kappa shape index (κ1) is 12.4. The number of anilines is 2. The van der Waals surface area contributed by atoms with Crippen LogP contribution in [-0.2, 0) is 0 Å². The van der Waals surface area contributed by atoms with Gasteiger partial charge in [0, 0.05) is 12.1 Å². The van der Waals surface area contributed by atoms with Gasteiger partial charge in [-0.05, 0) is 5.92 Å². The summed E-state index contributed by atoms with van der Waals surface area (Å²) in [5.74, 6) is 1.25. The van der Waals surface area contributed by atoms with Crippen molar-refractivity contribution in [2.75, 3.05) is 17.6 Å². The van der Waals surface area contributed by atoms with Gasteiger partial charge in [-0.15, -0.1) is 0 Å². The molecular formula is C14H18N4. The van der Waals surface area contributed by atoms with Crippen molar-refractivity contribution in [1.29, 1.82) is 0 Å². The highest BCUT2D eigenvalue weighted by Crippen LogP contribution is 2.27. The molecule has 2 aromatic rings. The molecule has 0 aliphatic rings. The molecule has 94 valence electrons. The van der Waals surface area contributed by atoms with Gasteiger partial charge in [-0.1, -0.05) is 44.2 Å². The maximum Gasteiger partial charge on any atom is 0.153 e. The summed E-state index contributed by atoms with van der Waals surface area (Å²) < 4.78 is 0. The third-order valence-corrected chi connectivity index (χ3v) is 2.61. The Morgan fingerprint density at radius 3 is 2.56 bits per heavy atom. The van der Waals surface area contributed by atoms with E-state index in [0.717, 1.165) is 17.8 Å². The molecule has 0 aliphatic carbocycles. The average molecular weight is 242 g/mol. The van der Waals surface area contributed by atoms with Crippen LogP contribution < -0.4 is 11.1 Å². The first-order valence-electron chi connectivity index (χ1n) is 6.08. The lowest BCUT2D eigenvalue weighted by Gasteiger charge is -2.12. The van der Waals surface area contributed by atoms with Gasteiger partial charge in [0.15, 0.2) is 5.82 Å². The zero-order valence-electron chi connectivity index (χ0n) is 10.7. The van der Waals surface area contributed by atoms with Crippen molar-refractivity contribution in [3.05, 3.63) is 36.7 Å². The second kappa shape index (κ2) is 5.49. The number of nitrogen functional groups attached to an aromatic ring is 1. The Kier molecular flexibility index (Phi) is 3.77. The van der Waals surface area contributed by atoms with Crippen molar-refractivity contribution < 1.29 is 0 Å². The van der Waals surface area contributed by atoms with E-state index in [0.29, 0.717) is 17.4 Å². The van der Waals surface area contributed by atoms with E-state index in [1.54, 1.807) is 6.33 Å². The third kappa shape index (κ3) is 2.77. The van der Waals surface area contributed by atoms with E-state index >= 15 is 0 Å². The predicted molar refractivity (Wildman–Crippen MR) is 75.2 cm³/mol. The summed E-state index contributed by atoms with van der Waals surface area (Å²) in [5.41, 5.74) is 8.49. The minimum Gasteiger partial charge on any atom is -0.394 e. The SMILES string of the molecule is CC(C)CNc1ncnc(-c2ccccc2)c1N. The normalized spacial score (nSPS) is 10.6. The topological polar surface area (TPSA) is 63.8 Å². The Balaban J connectivity index is 2.30. The Labute approximate surface area is 107 Å². The fourth-order valence-electron chi connectivity index (χ4n) is 1.66. The van der Waals surface area contributed by atoms with Crippen molar-refractivity contribution in [2.24, 2.45) is 5.92 Å². The number of benzene rings is 1. The number of hydrogen-bond acceptors (Lipinski definition) is 4. The van der Waals surface area contributed by atoms with E-state index in [9.17, 15) is 0 Å². The van der Waals surface area contributed by atoms with Crippen LogP contribution in [0.3, 0.4) is 0 Å². The van der Waals surface area contributed by atoms with Crippen LogP contribution >= 0.6 is 0 Å². The summed E-state index contributed by atoms with van der Waals surface area (Å²) in [7, 11) is 0. The molecule has 4 heteroatoms. The molecule has 0 atom stereocenters. The van der Waals surface area contributed by atoms with E-state index in [1.807, 2.05) is 30.3 Å². The minimum atomic E-state index is 0.541. The monoisotopic (exact) mass is 242 g/mol. The second-order valence-electron chi connectivity index (χ2n) is 4.63. The molecule has 3 N–H and O–H groups in total. The van der Waals surface area contributed by atoms with Crippen molar-refractivity contribution >= 4 is 11.5 Å². The third-order valence-electron chi connectivity index (χ3n) is 2.61. The molecule has 0 saturated carbocycles. The largest absolute Gasteiger partial charge is 0.394 e. The maximum absolute atomic E-state index is 6.11. The van der Waals surface area contributed by atoms with Gasteiger partial charge in [-0.25, -0.2) is 9.97 Å². The summed E-state index contributed by atoms with van der Waals surface area (Å²) in [4.78, 5) is 8.45. The second-order valence-corrected chi connectivity index (χ2v) is 4.63. The van der Waals surface area contributed by atoms with Crippen molar-refractivity contribution in [3.63, 3.8) is 0 Å². The van der Waals surface area contributed by atoms with E-state index in [1.165, 1.54) is 0 Å². The Morgan fingerprint density at radius 2 is 1.89 bits per heavy atom. The van der Waals surface area contributed by atoms with Gasteiger partial charge >= 0.3 is 0 Å². The van der Waals surface area contributed by atoms with Crippen LogP contribution in [0, 0.1) is 5.92 Å². The van der Waals surface area contributed by atoms with Crippen LogP contribution in [0.2, 0.25) is 0 Å². The molecule has 4 nitrogen and oxygen atoms in total. The van der Waals surface area contributed by atoms with Crippen LogP contribution in [-0.4, -0.2) is 16.5 Å². The van der Waals surface area contributed by atoms with Gasteiger partial charge in [0.1, 0.15) is 12.0 Å². The average Bonchev–Trinajstić information content (AvgIpc) is 2.38. The number of rotatable bonds is 4. The quantitative estimate of drug-likeness (QED) is 0.865. The maximum atomic E-state index is 6.11. The molecule has 18 heavy (non-hydrogen) atoms. The van der Waals surface area contributed by atoms with Crippen LogP contribution in [0.5, 0.6) is 0 Å². The molecule has 0 radical (unpaired) electrons. The number of hydrogen-bond donors (Lipinski definition) is 2. The first-order chi connectivity index (χ1) is 8.68. The first-order valence-corrected chi connectivity index (χ1v) is 6.08. The molecule has 0 spiro atoms. The standard InChI is InChI=1S/C14H18N4/c1-10(2)8-16-14-12(15)13(17-9-18-14)11-6-4-3-5-7-11/h3-7,9-10H,8,15H2,1-2H3,(H,16,17,18). The van der Waals surface area contributed by atoms with Gasteiger partial charge in [0.25, 0.3) is 0 Å². The molecule has 0 aliphatic heterocycles. The number of nitrogens with one attached hydrogen (secondary N) is 1.